The summed E-state index contributed by atoms with van der Waals surface area (Å²) in [5, 5.41) is 4.21. The molecule has 0 radical (unpaired) electrons. The molecule has 6 heteroatoms. The third-order valence-electron chi connectivity index (χ3n) is 5.94. The van der Waals surface area contributed by atoms with Gasteiger partial charge in [0.1, 0.15) is 0 Å². The maximum absolute atomic E-state index is 12.9. The lowest BCUT2D eigenvalue weighted by molar-refractivity contribution is 0.0115. The van der Waals surface area contributed by atoms with Crippen molar-refractivity contribution in [2.45, 2.75) is 46.1 Å². The van der Waals surface area contributed by atoms with Crippen LogP contribution < -0.4 is 0 Å². The van der Waals surface area contributed by atoms with E-state index in [4.69, 9.17) is 4.52 Å². The molecule has 0 N–H and O–H groups in total. The molecule has 27 heavy (non-hydrogen) atoms. The molecule has 2 aromatic rings. The number of benzene rings is 1. The van der Waals surface area contributed by atoms with Gasteiger partial charge < -0.3 is 9.42 Å². The molecule has 0 aliphatic carbocycles. The fourth-order valence-corrected chi connectivity index (χ4v) is 4.54. The molecule has 3 heterocycles. The molecule has 1 atom stereocenters. The van der Waals surface area contributed by atoms with Crippen molar-refractivity contribution < 1.29 is 9.32 Å². The van der Waals surface area contributed by atoms with Gasteiger partial charge in [-0.1, -0.05) is 36.7 Å². The molecular formula is C21H28N4O2. The smallest absolute Gasteiger partial charge is 0.254 e. The fourth-order valence-electron chi connectivity index (χ4n) is 4.54. The minimum absolute atomic E-state index is 0.144. The van der Waals surface area contributed by atoms with Crippen LogP contribution in [0, 0.1) is 19.3 Å². The second-order valence-corrected chi connectivity index (χ2v) is 8.76. The topological polar surface area (TPSA) is 62.5 Å². The van der Waals surface area contributed by atoms with E-state index in [-0.39, 0.29) is 23.3 Å². The van der Waals surface area contributed by atoms with Gasteiger partial charge in [0.25, 0.3) is 5.91 Å². The molecular weight excluding hydrogens is 340 g/mol. The Labute approximate surface area is 160 Å². The zero-order valence-electron chi connectivity index (χ0n) is 16.8. The molecule has 2 saturated heterocycles. The monoisotopic (exact) mass is 368 g/mol. The van der Waals surface area contributed by atoms with Crippen LogP contribution in [0.3, 0.4) is 0 Å². The molecule has 6 nitrogen and oxygen atoms in total. The molecule has 2 aliphatic rings. The van der Waals surface area contributed by atoms with Gasteiger partial charge in [0, 0.05) is 36.5 Å². The van der Waals surface area contributed by atoms with Crippen molar-refractivity contribution in [3.8, 4) is 0 Å². The van der Waals surface area contributed by atoms with Crippen LogP contribution in [0.2, 0.25) is 0 Å². The van der Waals surface area contributed by atoms with E-state index in [1.807, 2.05) is 24.0 Å². The van der Waals surface area contributed by atoms with Crippen molar-refractivity contribution in [2.75, 3.05) is 26.7 Å². The summed E-state index contributed by atoms with van der Waals surface area (Å²) in [4.78, 5) is 21.7. The second kappa shape index (κ2) is 6.44. The number of carbonyl (C=O) groups is 1. The van der Waals surface area contributed by atoms with Crippen LogP contribution in [0.4, 0.5) is 0 Å². The number of carbonyl (C=O) groups excluding carboxylic acids is 1. The van der Waals surface area contributed by atoms with E-state index >= 15 is 0 Å². The maximum atomic E-state index is 12.9. The van der Waals surface area contributed by atoms with Crippen LogP contribution in [-0.2, 0) is 0 Å². The number of rotatable bonds is 3. The average Bonchev–Trinajstić information content (AvgIpc) is 3.17. The minimum atomic E-state index is 0.144. The lowest BCUT2D eigenvalue weighted by Crippen LogP contribution is -2.59. The van der Waals surface area contributed by atoms with Crippen LogP contribution >= 0.6 is 0 Å². The van der Waals surface area contributed by atoms with E-state index in [1.165, 1.54) is 5.56 Å². The zero-order valence-corrected chi connectivity index (χ0v) is 16.8. The Kier molecular flexibility index (Phi) is 4.34. The molecule has 0 saturated carbocycles. The van der Waals surface area contributed by atoms with Crippen LogP contribution in [0.15, 0.2) is 22.7 Å². The first-order valence-electron chi connectivity index (χ1n) is 9.68. The Balaban J connectivity index is 1.44. The first-order chi connectivity index (χ1) is 12.8. The normalized spacial score (nSPS) is 21.9. The summed E-state index contributed by atoms with van der Waals surface area (Å²) >= 11 is 0. The van der Waals surface area contributed by atoms with E-state index < -0.39 is 0 Å². The van der Waals surface area contributed by atoms with Gasteiger partial charge in [-0.2, -0.15) is 4.98 Å². The van der Waals surface area contributed by atoms with Crippen LogP contribution in [0.25, 0.3) is 0 Å². The van der Waals surface area contributed by atoms with Gasteiger partial charge in [0.2, 0.25) is 5.89 Å². The van der Waals surface area contributed by atoms with Gasteiger partial charge in [-0.05, 0) is 38.9 Å². The largest absolute Gasteiger partial charge is 0.339 e. The standard InChI is InChI=1S/C21H28N4O2/c1-13(2)19-22-18(23-27-19)17-9-21(10-24(17)5)11-25(12-21)20(26)16-7-6-14(3)8-15(16)4/h6-8,13,17H,9-12H2,1-5H3. The van der Waals surface area contributed by atoms with E-state index in [2.05, 4.69) is 48.9 Å². The Morgan fingerprint density at radius 2 is 2.00 bits per heavy atom. The Hall–Kier alpha value is -2.21. The van der Waals surface area contributed by atoms with Gasteiger partial charge in [-0.3, -0.25) is 9.69 Å². The molecule has 1 amide bonds. The quantitative estimate of drug-likeness (QED) is 0.832. The van der Waals surface area contributed by atoms with Crippen molar-refractivity contribution in [3.63, 3.8) is 0 Å². The molecule has 1 aromatic carbocycles. The van der Waals surface area contributed by atoms with Crippen LogP contribution in [0.5, 0.6) is 0 Å². The van der Waals surface area contributed by atoms with Crippen molar-refractivity contribution in [1.29, 1.82) is 0 Å². The third kappa shape index (κ3) is 3.16. The first kappa shape index (κ1) is 18.2. The summed E-state index contributed by atoms with van der Waals surface area (Å²) in [6.45, 7) is 10.7. The number of hydrogen-bond acceptors (Lipinski definition) is 5. The summed E-state index contributed by atoms with van der Waals surface area (Å²) in [5.41, 5.74) is 3.20. The summed E-state index contributed by atoms with van der Waals surface area (Å²) in [6, 6.07) is 6.20. The highest BCUT2D eigenvalue weighted by Crippen LogP contribution is 2.47. The molecule has 1 unspecified atom stereocenters. The molecule has 2 fully saturated rings. The maximum Gasteiger partial charge on any atom is 0.254 e. The second-order valence-electron chi connectivity index (χ2n) is 8.76. The van der Waals surface area contributed by atoms with E-state index in [1.54, 1.807) is 0 Å². The number of nitrogens with zero attached hydrogens (tertiary/aromatic N) is 4. The van der Waals surface area contributed by atoms with E-state index in [0.29, 0.717) is 5.89 Å². The van der Waals surface area contributed by atoms with Gasteiger partial charge in [-0.25, -0.2) is 0 Å². The summed E-state index contributed by atoms with van der Waals surface area (Å²) in [7, 11) is 2.11. The Morgan fingerprint density at radius 1 is 1.26 bits per heavy atom. The average molecular weight is 368 g/mol. The van der Waals surface area contributed by atoms with Gasteiger partial charge in [0.05, 0.1) is 6.04 Å². The van der Waals surface area contributed by atoms with Gasteiger partial charge in [0.15, 0.2) is 5.82 Å². The molecule has 1 aromatic heterocycles. The molecule has 2 aliphatic heterocycles. The molecule has 1 spiro atoms. The number of aromatic nitrogens is 2. The highest BCUT2D eigenvalue weighted by molar-refractivity contribution is 5.96. The number of hydrogen-bond donors (Lipinski definition) is 0. The molecule has 144 valence electrons. The Bertz CT molecular complexity index is 867. The van der Waals surface area contributed by atoms with Crippen molar-refractivity contribution in [1.82, 2.24) is 19.9 Å². The van der Waals surface area contributed by atoms with E-state index in [9.17, 15) is 4.79 Å². The highest BCUT2D eigenvalue weighted by atomic mass is 16.5. The van der Waals surface area contributed by atoms with Gasteiger partial charge >= 0.3 is 0 Å². The number of amides is 1. The predicted octanol–water partition coefficient (Wildman–Crippen LogP) is 3.33. The SMILES string of the molecule is Cc1ccc(C(=O)N2CC3(CC(c4noc(C(C)C)n4)N(C)C3)C2)c(C)c1. The first-order valence-corrected chi connectivity index (χ1v) is 9.68. The lowest BCUT2D eigenvalue weighted by Gasteiger charge is -2.48. The van der Waals surface area contributed by atoms with Crippen molar-refractivity contribution in [2.24, 2.45) is 5.41 Å². The van der Waals surface area contributed by atoms with Crippen LogP contribution in [-0.4, -0.2) is 52.5 Å². The van der Waals surface area contributed by atoms with Crippen molar-refractivity contribution in [3.05, 3.63) is 46.6 Å². The van der Waals surface area contributed by atoms with Gasteiger partial charge in [-0.15, -0.1) is 0 Å². The van der Waals surface area contributed by atoms with E-state index in [0.717, 1.165) is 43.0 Å². The molecule has 0 bridgehead atoms. The highest BCUT2D eigenvalue weighted by Gasteiger charge is 2.53. The fraction of sp³-hybridized carbons (Fsp3) is 0.571. The summed E-state index contributed by atoms with van der Waals surface area (Å²) < 4.78 is 5.39. The zero-order chi connectivity index (χ0) is 19.3. The minimum Gasteiger partial charge on any atom is -0.339 e. The third-order valence-corrected chi connectivity index (χ3v) is 5.94. The Morgan fingerprint density at radius 3 is 2.63 bits per heavy atom. The van der Waals surface area contributed by atoms with Crippen molar-refractivity contribution >= 4 is 5.91 Å². The number of aryl methyl sites for hydroxylation is 2. The lowest BCUT2D eigenvalue weighted by atomic mass is 9.77. The summed E-state index contributed by atoms with van der Waals surface area (Å²) in [5.74, 6) is 1.85. The van der Waals surface area contributed by atoms with Crippen LogP contribution in [0.1, 0.15) is 65.4 Å². The molecule has 4 rings (SSSR count). The summed E-state index contributed by atoms with van der Waals surface area (Å²) in [6.07, 6.45) is 0.969. The number of likely N-dealkylation sites (tertiary alicyclic amines) is 2. The predicted molar refractivity (Wildman–Crippen MR) is 103 cm³/mol.